The summed E-state index contributed by atoms with van der Waals surface area (Å²) in [5.41, 5.74) is 7.05. The number of aromatic nitrogens is 1. The fourth-order valence-electron chi connectivity index (χ4n) is 1.70. The average molecular weight is 308 g/mol. The van der Waals surface area contributed by atoms with Crippen LogP contribution in [0, 0.1) is 0 Å². The molecule has 0 fully saturated rings. The first-order chi connectivity index (χ1) is 10.1. The predicted octanol–water partition coefficient (Wildman–Crippen LogP) is 3.86. The van der Waals surface area contributed by atoms with Crippen LogP contribution in [0.25, 0.3) is 0 Å². The van der Waals surface area contributed by atoms with Crippen LogP contribution in [0.1, 0.15) is 13.3 Å². The highest BCUT2D eigenvalue weighted by atomic mass is 35.5. The van der Waals surface area contributed by atoms with Gasteiger partial charge in [0.05, 0.1) is 30.1 Å². The van der Waals surface area contributed by atoms with E-state index in [2.05, 4.69) is 10.3 Å². The van der Waals surface area contributed by atoms with Crippen molar-refractivity contribution in [2.75, 3.05) is 24.8 Å². The number of pyridine rings is 1. The summed E-state index contributed by atoms with van der Waals surface area (Å²) in [4.78, 5) is 4.34. The summed E-state index contributed by atoms with van der Waals surface area (Å²) in [6.45, 7) is 2.59. The van der Waals surface area contributed by atoms with E-state index in [9.17, 15) is 0 Å². The molecule has 0 radical (unpaired) electrons. The maximum Gasteiger partial charge on any atom is 0.239 e. The minimum Gasteiger partial charge on any atom is -0.497 e. The monoisotopic (exact) mass is 307 g/mol. The minimum atomic E-state index is 0.417. The minimum absolute atomic E-state index is 0.417. The van der Waals surface area contributed by atoms with Crippen molar-refractivity contribution >= 4 is 28.8 Å². The Labute approximate surface area is 129 Å². The van der Waals surface area contributed by atoms with E-state index in [-0.39, 0.29) is 0 Å². The lowest BCUT2D eigenvalue weighted by Gasteiger charge is -2.12. The molecule has 0 saturated carbocycles. The number of benzene rings is 1. The van der Waals surface area contributed by atoms with E-state index in [0.29, 0.717) is 40.5 Å². The van der Waals surface area contributed by atoms with E-state index >= 15 is 0 Å². The largest absolute Gasteiger partial charge is 0.497 e. The number of halogens is 1. The van der Waals surface area contributed by atoms with Gasteiger partial charge in [-0.15, -0.1) is 0 Å². The Hall–Kier alpha value is -2.14. The summed E-state index contributed by atoms with van der Waals surface area (Å²) in [5, 5.41) is 3.71. The molecule has 0 atom stereocenters. The molecule has 0 amide bonds. The molecule has 0 aliphatic rings. The first-order valence-corrected chi connectivity index (χ1v) is 7.01. The zero-order chi connectivity index (χ0) is 15.2. The third-order valence-corrected chi connectivity index (χ3v) is 3.10. The number of ether oxygens (including phenoxy) is 2. The predicted molar refractivity (Wildman–Crippen MR) is 85.7 cm³/mol. The molecule has 0 spiro atoms. The molecular weight excluding hydrogens is 290 g/mol. The average Bonchev–Trinajstić information content (AvgIpc) is 2.50. The maximum absolute atomic E-state index is 6.16. The van der Waals surface area contributed by atoms with Gasteiger partial charge in [0.2, 0.25) is 5.88 Å². The van der Waals surface area contributed by atoms with Crippen molar-refractivity contribution in [3.63, 3.8) is 0 Å². The molecule has 112 valence electrons. The van der Waals surface area contributed by atoms with Crippen LogP contribution in [-0.2, 0) is 0 Å². The summed E-state index contributed by atoms with van der Waals surface area (Å²) in [7, 11) is 1.60. The van der Waals surface area contributed by atoms with E-state index in [1.165, 1.54) is 0 Å². The van der Waals surface area contributed by atoms with Crippen LogP contribution >= 0.6 is 11.6 Å². The number of nitrogens with two attached hydrogens (primary N) is 1. The van der Waals surface area contributed by atoms with Gasteiger partial charge in [0, 0.05) is 6.07 Å². The second kappa shape index (κ2) is 7.04. The van der Waals surface area contributed by atoms with Crippen LogP contribution in [0.2, 0.25) is 5.02 Å². The van der Waals surface area contributed by atoms with Crippen molar-refractivity contribution in [3.05, 3.63) is 35.4 Å². The van der Waals surface area contributed by atoms with Crippen LogP contribution in [0.5, 0.6) is 11.6 Å². The second-order valence-electron chi connectivity index (χ2n) is 4.41. The molecule has 0 aliphatic heterocycles. The van der Waals surface area contributed by atoms with Gasteiger partial charge in [-0.1, -0.05) is 18.5 Å². The SMILES string of the molecule is CCCOc1nc(Nc2cc(OC)ccc2Cl)ccc1N. The highest BCUT2D eigenvalue weighted by molar-refractivity contribution is 6.33. The van der Waals surface area contributed by atoms with Gasteiger partial charge in [-0.25, -0.2) is 0 Å². The number of hydrogen-bond donors (Lipinski definition) is 2. The highest BCUT2D eigenvalue weighted by Crippen LogP contribution is 2.30. The quantitative estimate of drug-likeness (QED) is 0.848. The van der Waals surface area contributed by atoms with Gasteiger partial charge in [0.15, 0.2) is 0 Å². The van der Waals surface area contributed by atoms with Crippen molar-refractivity contribution in [2.24, 2.45) is 0 Å². The fourth-order valence-corrected chi connectivity index (χ4v) is 1.87. The Kier molecular flexibility index (Phi) is 5.11. The Balaban J connectivity index is 2.23. The summed E-state index contributed by atoms with van der Waals surface area (Å²) in [6, 6.07) is 8.86. The first-order valence-electron chi connectivity index (χ1n) is 6.64. The lowest BCUT2D eigenvalue weighted by molar-refractivity contribution is 0.307. The van der Waals surface area contributed by atoms with Crippen LogP contribution in [0.15, 0.2) is 30.3 Å². The standard InChI is InChI=1S/C15H18ClN3O2/c1-3-8-21-15-12(17)6-7-14(19-15)18-13-9-10(20-2)4-5-11(13)16/h4-7,9H,3,8,17H2,1-2H3,(H,18,19). The molecule has 1 heterocycles. The van der Waals surface area contributed by atoms with E-state index in [4.69, 9.17) is 26.8 Å². The van der Waals surface area contributed by atoms with Gasteiger partial charge in [-0.2, -0.15) is 4.98 Å². The van der Waals surface area contributed by atoms with Gasteiger partial charge in [0.1, 0.15) is 11.6 Å². The van der Waals surface area contributed by atoms with Crippen LogP contribution in [0.4, 0.5) is 17.2 Å². The van der Waals surface area contributed by atoms with Crippen molar-refractivity contribution in [3.8, 4) is 11.6 Å². The van der Waals surface area contributed by atoms with Crippen LogP contribution < -0.4 is 20.5 Å². The number of rotatable bonds is 6. The summed E-state index contributed by atoms with van der Waals surface area (Å²) in [5.74, 6) is 1.73. The Bertz CT molecular complexity index is 620. The Morgan fingerprint density at radius 3 is 2.81 bits per heavy atom. The lowest BCUT2D eigenvalue weighted by Crippen LogP contribution is -2.03. The van der Waals surface area contributed by atoms with E-state index in [0.717, 1.165) is 6.42 Å². The molecule has 1 aromatic carbocycles. The molecule has 6 heteroatoms. The molecule has 21 heavy (non-hydrogen) atoms. The Morgan fingerprint density at radius 1 is 1.29 bits per heavy atom. The molecule has 3 N–H and O–H groups in total. The van der Waals surface area contributed by atoms with Crippen molar-refractivity contribution in [1.82, 2.24) is 4.98 Å². The number of hydrogen-bond acceptors (Lipinski definition) is 5. The maximum atomic E-state index is 6.16. The Morgan fingerprint density at radius 2 is 2.10 bits per heavy atom. The van der Waals surface area contributed by atoms with E-state index < -0.39 is 0 Å². The molecule has 0 saturated heterocycles. The smallest absolute Gasteiger partial charge is 0.239 e. The summed E-state index contributed by atoms with van der Waals surface area (Å²) < 4.78 is 10.7. The second-order valence-corrected chi connectivity index (χ2v) is 4.82. The number of nitrogens with one attached hydrogen (secondary N) is 1. The third kappa shape index (κ3) is 3.92. The normalized spacial score (nSPS) is 10.2. The van der Waals surface area contributed by atoms with E-state index in [1.54, 1.807) is 37.4 Å². The molecule has 0 bridgehead atoms. The number of nitrogens with zero attached hydrogens (tertiary/aromatic N) is 1. The van der Waals surface area contributed by atoms with Crippen LogP contribution in [0.3, 0.4) is 0 Å². The van der Waals surface area contributed by atoms with Gasteiger partial charge in [-0.3, -0.25) is 0 Å². The summed E-state index contributed by atoms with van der Waals surface area (Å²) in [6.07, 6.45) is 0.889. The zero-order valence-corrected chi connectivity index (χ0v) is 12.8. The number of methoxy groups -OCH3 is 1. The van der Waals surface area contributed by atoms with Crippen molar-refractivity contribution < 1.29 is 9.47 Å². The van der Waals surface area contributed by atoms with Crippen molar-refractivity contribution in [2.45, 2.75) is 13.3 Å². The van der Waals surface area contributed by atoms with Gasteiger partial charge < -0.3 is 20.5 Å². The van der Waals surface area contributed by atoms with Gasteiger partial charge in [0.25, 0.3) is 0 Å². The number of nitrogen functional groups attached to an aromatic ring is 1. The molecule has 2 aromatic rings. The van der Waals surface area contributed by atoms with Gasteiger partial charge in [-0.05, 0) is 30.7 Å². The fraction of sp³-hybridized carbons (Fsp3) is 0.267. The molecule has 2 rings (SSSR count). The van der Waals surface area contributed by atoms with E-state index in [1.807, 2.05) is 6.92 Å². The zero-order valence-electron chi connectivity index (χ0n) is 12.0. The van der Waals surface area contributed by atoms with Crippen LogP contribution in [-0.4, -0.2) is 18.7 Å². The van der Waals surface area contributed by atoms with Crippen molar-refractivity contribution in [1.29, 1.82) is 0 Å². The molecule has 1 aromatic heterocycles. The highest BCUT2D eigenvalue weighted by Gasteiger charge is 2.07. The molecule has 0 aliphatic carbocycles. The third-order valence-electron chi connectivity index (χ3n) is 2.77. The molecular formula is C15H18ClN3O2. The summed E-state index contributed by atoms with van der Waals surface area (Å²) >= 11 is 6.16. The molecule has 0 unspecified atom stereocenters. The molecule has 5 nitrogen and oxygen atoms in total. The lowest BCUT2D eigenvalue weighted by atomic mass is 10.3. The topological polar surface area (TPSA) is 69.4 Å². The number of anilines is 3. The first kappa shape index (κ1) is 15.3. The van der Waals surface area contributed by atoms with Gasteiger partial charge >= 0.3 is 0 Å².